The number of halogens is 4. The van der Waals surface area contributed by atoms with Gasteiger partial charge in [-0.25, -0.2) is 13.2 Å². The first-order valence-corrected chi connectivity index (χ1v) is 10.1. The predicted molar refractivity (Wildman–Crippen MR) is 104 cm³/mol. The highest BCUT2D eigenvalue weighted by atomic mass is 35.5. The van der Waals surface area contributed by atoms with Gasteiger partial charge in [0.2, 0.25) is 5.92 Å². The summed E-state index contributed by atoms with van der Waals surface area (Å²) in [4.78, 5) is 15.0. The zero-order chi connectivity index (χ0) is 20.4. The molecule has 1 aliphatic carbocycles. The van der Waals surface area contributed by atoms with E-state index in [2.05, 4.69) is 15.5 Å². The van der Waals surface area contributed by atoms with Gasteiger partial charge in [0.15, 0.2) is 0 Å². The van der Waals surface area contributed by atoms with Gasteiger partial charge in [0.05, 0.1) is 10.6 Å². The molecule has 0 radical (unpaired) electrons. The Morgan fingerprint density at radius 2 is 1.89 bits per heavy atom. The number of carbonyl (C=O) groups excluding carboxylic acids is 1. The van der Waals surface area contributed by atoms with Gasteiger partial charge in [-0.05, 0) is 37.5 Å². The van der Waals surface area contributed by atoms with E-state index < -0.39 is 18.1 Å². The van der Waals surface area contributed by atoms with Crippen LogP contribution in [0.3, 0.4) is 0 Å². The van der Waals surface area contributed by atoms with Crippen LogP contribution in [-0.2, 0) is 6.67 Å². The molecule has 1 saturated heterocycles. The van der Waals surface area contributed by atoms with E-state index in [9.17, 15) is 18.0 Å². The van der Waals surface area contributed by atoms with Crippen LogP contribution >= 0.6 is 11.6 Å². The smallest absolute Gasteiger partial charge is 0.253 e. The summed E-state index contributed by atoms with van der Waals surface area (Å²) >= 11 is 6.15. The van der Waals surface area contributed by atoms with Crippen LogP contribution in [0, 0.1) is 0 Å². The first kappa shape index (κ1) is 21.4. The maximum atomic E-state index is 13.9. The van der Waals surface area contributed by atoms with Crippen LogP contribution in [0.25, 0.3) is 0 Å². The molecular weight excluding hydrogens is 391 g/mol. The molecule has 1 heterocycles. The summed E-state index contributed by atoms with van der Waals surface area (Å²) in [6.45, 7) is 4.35. The number of alkyl halides is 3. The molecule has 0 spiro atoms. The van der Waals surface area contributed by atoms with Crippen molar-refractivity contribution in [3.05, 3.63) is 34.3 Å². The number of rotatable bonds is 5. The standard InChI is InChI=1S/C20H27ClF3N3O/c1-14(26-18(28)16-3-2-15(13-22)12-17(16)21)19(27-10-8-25-9-11-27)4-6-20(23,24)7-5-19/h2-3,12,14,25H,4-11,13H2,1H3,(H,26,28). The van der Waals surface area contributed by atoms with Crippen LogP contribution in [0.15, 0.2) is 18.2 Å². The van der Waals surface area contributed by atoms with Crippen molar-refractivity contribution >= 4 is 17.5 Å². The van der Waals surface area contributed by atoms with Gasteiger partial charge in [0, 0.05) is 50.6 Å². The molecule has 1 aromatic rings. The Morgan fingerprint density at radius 1 is 1.25 bits per heavy atom. The minimum atomic E-state index is -2.65. The fourth-order valence-corrected chi connectivity index (χ4v) is 4.71. The summed E-state index contributed by atoms with van der Waals surface area (Å²) in [7, 11) is 0. The van der Waals surface area contributed by atoms with E-state index in [1.54, 1.807) is 0 Å². The first-order chi connectivity index (χ1) is 13.3. The number of hydrogen-bond donors (Lipinski definition) is 2. The number of benzene rings is 1. The fourth-order valence-electron chi connectivity index (χ4n) is 4.42. The molecule has 4 nitrogen and oxygen atoms in total. The second-order valence-electron chi connectivity index (χ2n) is 7.84. The molecular formula is C20H27ClF3N3O. The molecule has 156 valence electrons. The maximum absolute atomic E-state index is 13.9. The predicted octanol–water partition coefficient (Wildman–Crippen LogP) is 3.78. The average molecular weight is 418 g/mol. The lowest BCUT2D eigenvalue weighted by Crippen LogP contribution is -2.66. The lowest BCUT2D eigenvalue weighted by atomic mass is 9.73. The van der Waals surface area contributed by atoms with Crippen molar-refractivity contribution in [1.82, 2.24) is 15.5 Å². The highest BCUT2D eigenvalue weighted by Crippen LogP contribution is 2.43. The van der Waals surface area contributed by atoms with Crippen molar-refractivity contribution in [2.75, 3.05) is 26.2 Å². The van der Waals surface area contributed by atoms with Crippen molar-refractivity contribution in [3.8, 4) is 0 Å². The van der Waals surface area contributed by atoms with Gasteiger partial charge in [0.1, 0.15) is 6.67 Å². The minimum Gasteiger partial charge on any atom is -0.348 e. The largest absolute Gasteiger partial charge is 0.348 e. The molecule has 0 bridgehead atoms. The Bertz CT molecular complexity index is 700. The van der Waals surface area contributed by atoms with Gasteiger partial charge >= 0.3 is 0 Å². The normalized spacial score (nSPS) is 23.2. The number of carbonyl (C=O) groups is 1. The van der Waals surface area contributed by atoms with E-state index in [1.165, 1.54) is 18.2 Å². The zero-order valence-corrected chi connectivity index (χ0v) is 16.8. The first-order valence-electron chi connectivity index (χ1n) is 9.76. The van der Waals surface area contributed by atoms with E-state index in [0.717, 1.165) is 26.2 Å². The van der Waals surface area contributed by atoms with Gasteiger partial charge in [-0.15, -0.1) is 0 Å². The van der Waals surface area contributed by atoms with Crippen molar-refractivity contribution in [2.24, 2.45) is 0 Å². The monoisotopic (exact) mass is 417 g/mol. The van der Waals surface area contributed by atoms with Crippen LogP contribution in [0.2, 0.25) is 5.02 Å². The Labute approximate surface area is 168 Å². The molecule has 2 aliphatic rings. The van der Waals surface area contributed by atoms with E-state index in [1.807, 2.05) is 6.92 Å². The highest BCUT2D eigenvalue weighted by molar-refractivity contribution is 6.33. The number of amides is 1. The van der Waals surface area contributed by atoms with Crippen LogP contribution < -0.4 is 10.6 Å². The lowest BCUT2D eigenvalue weighted by Gasteiger charge is -2.52. The molecule has 1 atom stereocenters. The Hall–Kier alpha value is -1.31. The van der Waals surface area contributed by atoms with Crippen LogP contribution in [-0.4, -0.2) is 54.5 Å². The quantitative estimate of drug-likeness (QED) is 0.766. The molecule has 2 fully saturated rings. The molecule has 8 heteroatoms. The summed E-state index contributed by atoms with van der Waals surface area (Å²) in [6.07, 6.45) is 0.304. The fraction of sp³-hybridized carbons (Fsp3) is 0.650. The van der Waals surface area contributed by atoms with Crippen molar-refractivity contribution in [2.45, 2.75) is 56.8 Å². The molecule has 3 rings (SSSR count). The Morgan fingerprint density at radius 3 is 2.46 bits per heavy atom. The summed E-state index contributed by atoms with van der Waals surface area (Å²) in [5, 5.41) is 6.46. The summed E-state index contributed by atoms with van der Waals surface area (Å²) in [5.41, 5.74) is 0.161. The number of hydrogen-bond acceptors (Lipinski definition) is 3. The summed E-state index contributed by atoms with van der Waals surface area (Å²) in [5.74, 6) is -3.01. The Kier molecular flexibility index (Phi) is 6.57. The lowest BCUT2D eigenvalue weighted by molar-refractivity contribution is -0.0922. The SMILES string of the molecule is CC(NC(=O)c1ccc(CF)cc1Cl)C1(N2CCNCC2)CCC(F)(F)CC1. The van der Waals surface area contributed by atoms with Crippen LogP contribution in [0.5, 0.6) is 0 Å². The summed E-state index contributed by atoms with van der Waals surface area (Å²) in [6, 6.07) is 4.14. The summed E-state index contributed by atoms with van der Waals surface area (Å²) < 4.78 is 40.5. The van der Waals surface area contributed by atoms with Crippen molar-refractivity contribution < 1.29 is 18.0 Å². The molecule has 1 aliphatic heterocycles. The highest BCUT2D eigenvalue weighted by Gasteiger charge is 2.50. The van der Waals surface area contributed by atoms with E-state index >= 15 is 0 Å². The second-order valence-corrected chi connectivity index (χ2v) is 8.25. The second kappa shape index (κ2) is 8.59. The molecule has 0 aromatic heterocycles. The van der Waals surface area contributed by atoms with E-state index in [0.29, 0.717) is 18.4 Å². The van der Waals surface area contributed by atoms with E-state index in [4.69, 9.17) is 11.6 Å². The third-order valence-corrected chi connectivity index (χ3v) is 6.49. The van der Waals surface area contributed by atoms with Crippen molar-refractivity contribution in [1.29, 1.82) is 0 Å². The van der Waals surface area contributed by atoms with Gasteiger partial charge in [-0.2, -0.15) is 0 Å². The molecule has 28 heavy (non-hydrogen) atoms. The molecule has 1 saturated carbocycles. The number of nitrogens with one attached hydrogen (secondary N) is 2. The Balaban J connectivity index is 1.79. The number of piperazine rings is 1. The van der Waals surface area contributed by atoms with Gasteiger partial charge in [-0.1, -0.05) is 17.7 Å². The van der Waals surface area contributed by atoms with Crippen molar-refractivity contribution in [3.63, 3.8) is 0 Å². The zero-order valence-electron chi connectivity index (χ0n) is 16.0. The molecule has 1 unspecified atom stereocenters. The van der Waals surface area contributed by atoms with Crippen LogP contribution in [0.4, 0.5) is 13.2 Å². The van der Waals surface area contributed by atoms with Gasteiger partial charge in [-0.3, -0.25) is 9.69 Å². The number of nitrogens with zero attached hydrogens (tertiary/aromatic N) is 1. The van der Waals surface area contributed by atoms with Crippen LogP contribution in [0.1, 0.15) is 48.5 Å². The average Bonchev–Trinajstić information content (AvgIpc) is 2.68. The topological polar surface area (TPSA) is 44.4 Å². The van der Waals surface area contributed by atoms with E-state index in [-0.39, 0.29) is 35.4 Å². The maximum Gasteiger partial charge on any atom is 0.253 e. The minimum absolute atomic E-state index is 0.177. The molecule has 1 amide bonds. The third-order valence-electron chi connectivity index (χ3n) is 6.18. The molecule has 1 aromatic carbocycles. The van der Waals surface area contributed by atoms with Gasteiger partial charge < -0.3 is 10.6 Å². The molecule has 2 N–H and O–H groups in total. The third kappa shape index (κ3) is 4.47. The van der Waals surface area contributed by atoms with Gasteiger partial charge in [0.25, 0.3) is 5.91 Å².